The molecule has 0 saturated carbocycles. The van der Waals surface area contributed by atoms with Crippen LogP contribution in [0.4, 0.5) is 16.2 Å². The van der Waals surface area contributed by atoms with E-state index in [0.717, 1.165) is 17.5 Å². The summed E-state index contributed by atoms with van der Waals surface area (Å²) in [5, 5.41) is 7.99. The Morgan fingerprint density at radius 1 is 0.957 bits per heavy atom. The molecule has 0 radical (unpaired) electrons. The van der Waals surface area contributed by atoms with Crippen LogP contribution in [-0.2, 0) is 11.2 Å². The van der Waals surface area contributed by atoms with Crippen LogP contribution in [0.1, 0.15) is 18.1 Å². The molecule has 0 heterocycles. The van der Waals surface area contributed by atoms with Gasteiger partial charge in [0.25, 0.3) is 0 Å². The van der Waals surface area contributed by atoms with E-state index in [9.17, 15) is 9.59 Å². The van der Waals surface area contributed by atoms with Gasteiger partial charge in [-0.05, 0) is 48.7 Å². The summed E-state index contributed by atoms with van der Waals surface area (Å²) in [7, 11) is 0. The van der Waals surface area contributed by atoms with Crippen LogP contribution in [0.3, 0.4) is 0 Å². The first kappa shape index (κ1) is 16.5. The monoisotopic (exact) mass is 311 g/mol. The molecule has 0 aliphatic carbocycles. The van der Waals surface area contributed by atoms with Crippen LogP contribution < -0.4 is 16.0 Å². The minimum Gasteiger partial charge on any atom is -0.329 e. The Bertz CT molecular complexity index is 698. The summed E-state index contributed by atoms with van der Waals surface area (Å²) in [4.78, 5) is 23.6. The van der Waals surface area contributed by atoms with Crippen LogP contribution in [-0.4, -0.2) is 18.5 Å². The van der Waals surface area contributed by atoms with Gasteiger partial charge in [0.2, 0.25) is 5.91 Å². The number of carbonyl (C=O) groups excluding carboxylic acids is 2. The second-order valence-corrected chi connectivity index (χ2v) is 5.28. The summed E-state index contributed by atoms with van der Waals surface area (Å²) in [6, 6.07) is 14.7. The highest BCUT2D eigenvalue weighted by Gasteiger charge is 2.06. The fraction of sp³-hybridized carbons (Fsp3) is 0.222. The van der Waals surface area contributed by atoms with Gasteiger partial charge in [-0.2, -0.15) is 0 Å². The van der Waals surface area contributed by atoms with Crippen molar-refractivity contribution >= 4 is 23.3 Å². The molecule has 0 spiro atoms. The summed E-state index contributed by atoms with van der Waals surface area (Å²) >= 11 is 0. The van der Waals surface area contributed by atoms with Gasteiger partial charge in [-0.25, -0.2) is 4.79 Å². The first-order chi connectivity index (χ1) is 11.1. The number of carbonyl (C=O) groups is 2. The number of aryl methyl sites for hydroxylation is 2. The van der Waals surface area contributed by atoms with Gasteiger partial charge in [0.1, 0.15) is 0 Å². The summed E-state index contributed by atoms with van der Waals surface area (Å²) in [5.74, 6) is -0.270. The number of anilines is 2. The van der Waals surface area contributed by atoms with Crippen LogP contribution >= 0.6 is 0 Å². The van der Waals surface area contributed by atoms with E-state index in [-0.39, 0.29) is 12.5 Å². The molecule has 0 fully saturated rings. The van der Waals surface area contributed by atoms with Crippen molar-refractivity contribution in [3.8, 4) is 0 Å². The first-order valence-electron chi connectivity index (χ1n) is 7.57. The Morgan fingerprint density at radius 2 is 1.65 bits per heavy atom. The molecule has 0 aliphatic rings. The molecule has 3 N–H and O–H groups in total. The van der Waals surface area contributed by atoms with Gasteiger partial charge in [0.05, 0.1) is 6.54 Å². The summed E-state index contributed by atoms with van der Waals surface area (Å²) < 4.78 is 0. The van der Waals surface area contributed by atoms with E-state index < -0.39 is 6.03 Å². The minimum absolute atomic E-state index is 0.0900. The Kier molecular flexibility index (Phi) is 5.74. The predicted octanol–water partition coefficient (Wildman–Crippen LogP) is 3.32. The topological polar surface area (TPSA) is 70.2 Å². The highest BCUT2D eigenvalue weighted by atomic mass is 16.2. The molecule has 120 valence electrons. The molecule has 0 aliphatic heterocycles. The Balaban J connectivity index is 1.80. The Morgan fingerprint density at radius 3 is 2.35 bits per heavy atom. The van der Waals surface area contributed by atoms with Crippen molar-refractivity contribution in [3.63, 3.8) is 0 Å². The number of benzene rings is 2. The average molecular weight is 311 g/mol. The fourth-order valence-electron chi connectivity index (χ4n) is 2.13. The Labute approximate surface area is 136 Å². The lowest BCUT2D eigenvalue weighted by Crippen LogP contribution is -2.35. The third-order valence-electron chi connectivity index (χ3n) is 3.30. The lowest BCUT2D eigenvalue weighted by Gasteiger charge is -2.09. The highest BCUT2D eigenvalue weighted by molar-refractivity contribution is 5.96. The van der Waals surface area contributed by atoms with Crippen molar-refractivity contribution in [2.45, 2.75) is 20.3 Å². The molecule has 23 heavy (non-hydrogen) atoms. The molecule has 3 amide bonds. The molecular weight excluding hydrogens is 290 g/mol. The van der Waals surface area contributed by atoms with E-state index in [4.69, 9.17) is 0 Å². The first-order valence-corrected chi connectivity index (χ1v) is 7.57. The van der Waals surface area contributed by atoms with Crippen molar-refractivity contribution < 1.29 is 9.59 Å². The molecule has 0 aromatic heterocycles. The molecular formula is C18H21N3O2. The van der Waals surface area contributed by atoms with E-state index in [1.54, 1.807) is 6.07 Å². The highest BCUT2D eigenvalue weighted by Crippen LogP contribution is 2.11. The van der Waals surface area contributed by atoms with Crippen LogP contribution in [0, 0.1) is 6.92 Å². The number of rotatable bonds is 5. The van der Waals surface area contributed by atoms with E-state index in [0.29, 0.717) is 11.4 Å². The quantitative estimate of drug-likeness (QED) is 0.793. The molecule has 0 unspecified atom stereocenters. The van der Waals surface area contributed by atoms with E-state index in [2.05, 4.69) is 22.9 Å². The van der Waals surface area contributed by atoms with Crippen molar-refractivity contribution in [2.24, 2.45) is 0 Å². The molecule has 0 bridgehead atoms. The maximum absolute atomic E-state index is 11.8. The van der Waals surface area contributed by atoms with E-state index >= 15 is 0 Å². The lowest BCUT2D eigenvalue weighted by molar-refractivity contribution is -0.115. The lowest BCUT2D eigenvalue weighted by atomic mass is 10.1. The summed E-state index contributed by atoms with van der Waals surface area (Å²) in [5.41, 5.74) is 3.62. The number of nitrogens with one attached hydrogen (secondary N) is 3. The zero-order valence-electron chi connectivity index (χ0n) is 13.3. The molecule has 5 heteroatoms. The van der Waals surface area contributed by atoms with E-state index in [1.165, 1.54) is 0 Å². The maximum atomic E-state index is 11.8. The van der Waals surface area contributed by atoms with Gasteiger partial charge >= 0.3 is 6.03 Å². The van der Waals surface area contributed by atoms with Gasteiger partial charge < -0.3 is 16.0 Å². The van der Waals surface area contributed by atoms with Crippen molar-refractivity contribution in [2.75, 3.05) is 17.2 Å². The zero-order chi connectivity index (χ0) is 16.7. The number of hydrogen-bond acceptors (Lipinski definition) is 2. The Hall–Kier alpha value is -2.82. The van der Waals surface area contributed by atoms with Crippen LogP contribution in [0.25, 0.3) is 0 Å². The van der Waals surface area contributed by atoms with Gasteiger partial charge in [-0.15, -0.1) is 0 Å². The SMILES string of the molecule is CCc1cccc(NC(=O)NCC(=O)Nc2cccc(C)c2)c1. The van der Waals surface area contributed by atoms with Crippen molar-refractivity contribution in [1.29, 1.82) is 0 Å². The zero-order valence-corrected chi connectivity index (χ0v) is 13.3. The smallest absolute Gasteiger partial charge is 0.319 e. The van der Waals surface area contributed by atoms with Crippen LogP contribution in [0.2, 0.25) is 0 Å². The molecule has 5 nitrogen and oxygen atoms in total. The molecule has 2 aromatic carbocycles. The average Bonchev–Trinajstić information content (AvgIpc) is 2.53. The van der Waals surface area contributed by atoms with Crippen molar-refractivity contribution in [1.82, 2.24) is 5.32 Å². The third kappa shape index (κ3) is 5.47. The van der Waals surface area contributed by atoms with Gasteiger partial charge in [-0.3, -0.25) is 4.79 Å². The van der Waals surface area contributed by atoms with Gasteiger partial charge in [0.15, 0.2) is 0 Å². The van der Waals surface area contributed by atoms with Gasteiger partial charge in [0, 0.05) is 11.4 Å². The summed E-state index contributed by atoms with van der Waals surface area (Å²) in [6.45, 7) is 3.91. The van der Waals surface area contributed by atoms with Gasteiger partial charge in [-0.1, -0.05) is 31.2 Å². The number of amides is 3. The largest absolute Gasteiger partial charge is 0.329 e. The molecule has 2 rings (SSSR count). The minimum atomic E-state index is -0.405. The van der Waals surface area contributed by atoms with Crippen LogP contribution in [0.15, 0.2) is 48.5 Å². The molecule has 2 aromatic rings. The molecule has 0 atom stereocenters. The predicted molar refractivity (Wildman–Crippen MR) is 92.7 cm³/mol. The second kappa shape index (κ2) is 7.98. The van der Waals surface area contributed by atoms with E-state index in [1.807, 2.05) is 49.4 Å². The molecule has 0 saturated heterocycles. The van der Waals surface area contributed by atoms with Crippen molar-refractivity contribution in [3.05, 3.63) is 59.7 Å². The second-order valence-electron chi connectivity index (χ2n) is 5.28. The fourth-order valence-corrected chi connectivity index (χ4v) is 2.13. The third-order valence-corrected chi connectivity index (χ3v) is 3.30. The summed E-state index contributed by atoms with van der Waals surface area (Å²) in [6.07, 6.45) is 0.899. The maximum Gasteiger partial charge on any atom is 0.319 e. The van der Waals surface area contributed by atoms with Crippen LogP contribution in [0.5, 0.6) is 0 Å². The normalized spacial score (nSPS) is 10.0. The number of urea groups is 1. The standard InChI is InChI=1S/C18H21N3O2/c1-3-14-7-5-9-16(11-14)21-18(23)19-12-17(22)20-15-8-4-6-13(2)10-15/h4-11H,3,12H2,1-2H3,(H,20,22)(H2,19,21,23). The number of hydrogen-bond donors (Lipinski definition) is 3.